The number of hydrogen-bond acceptors (Lipinski definition) is 5. The Morgan fingerprint density at radius 3 is 2.68 bits per heavy atom. The monoisotopic (exact) mass is 371 g/mol. The number of hydrogen-bond donors (Lipinski definition) is 0. The van der Waals surface area contributed by atoms with Gasteiger partial charge in [-0.15, -0.1) is 0 Å². The first-order valence-electron chi connectivity index (χ1n) is 6.61. The summed E-state index contributed by atoms with van der Waals surface area (Å²) >= 11 is 5.37. The first-order valence-corrected chi connectivity index (χ1v) is 10.8. The zero-order valence-corrected chi connectivity index (χ0v) is 14.5. The fourth-order valence-electron chi connectivity index (χ4n) is 2.76. The lowest BCUT2D eigenvalue weighted by Gasteiger charge is -2.43. The molecule has 4 nitrogen and oxygen atoms in total. The summed E-state index contributed by atoms with van der Waals surface area (Å²) in [6.45, 7) is 3.31. The van der Waals surface area contributed by atoms with Crippen molar-refractivity contribution in [3.05, 3.63) is 0 Å². The van der Waals surface area contributed by atoms with Gasteiger partial charge < -0.3 is 4.74 Å². The van der Waals surface area contributed by atoms with Crippen LogP contribution in [0.5, 0.6) is 0 Å². The zero-order valence-electron chi connectivity index (χ0n) is 11.3. The van der Waals surface area contributed by atoms with Gasteiger partial charge in [0.05, 0.1) is 0 Å². The van der Waals surface area contributed by atoms with Crippen LogP contribution in [0.15, 0.2) is 0 Å². The molecule has 0 N–H and O–H groups in total. The second-order valence-electron chi connectivity index (χ2n) is 5.58. The second-order valence-corrected chi connectivity index (χ2v) is 9.49. The van der Waals surface area contributed by atoms with E-state index in [2.05, 4.69) is 20.8 Å². The highest BCUT2D eigenvalue weighted by Gasteiger charge is 2.39. The van der Waals surface area contributed by atoms with Gasteiger partial charge in [-0.2, -0.15) is 11.8 Å². The first-order chi connectivity index (χ1) is 8.97. The number of ether oxygens (including phenoxy) is 1. The molecule has 0 bridgehead atoms. The van der Waals surface area contributed by atoms with E-state index in [0.29, 0.717) is 5.75 Å². The van der Waals surface area contributed by atoms with Crippen molar-refractivity contribution >= 4 is 37.5 Å². The normalized spacial score (nSPS) is 29.3. The van der Waals surface area contributed by atoms with Gasteiger partial charge in [0, 0.05) is 49.4 Å². The predicted molar refractivity (Wildman–Crippen MR) is 83.8 cm³/mol. The maximum atomic E-state index is 11.9. The standard InChI is InChI=1S/C12H22BrNO3S2/c1-19(15,16)11-8-18-7-4-14(11)10-12(9-13)2-5-17-6-3-12/h11H,2-10H2,1H3. The van der Waals surface area contributed by atoms with Crippen LogP contribution in [0.2, 0.25) is 0 Å². The smallest absolute Gasteiger partial charge is 0.164 e. The van der Waals surface area contributed by atoms with Crippen LogP contribution in [0.1, 0.15) is 12.8 Å². The van der Waals surface area contributed by atoms with E-state index >= 15 is 0 Å². The fraction of sp³-hybridized carbons (Fsp3) is 1.00. The zero-order chi connectivity index (χ0) is 13.9. The molecule has 2 aliphatic heterocycles. The number of halogens is 1. The molecule has 7 heteroatoms. The van der Waals surface area contributed by atoms with Gasteiger partial charge in [-0.1, -0.05) is 15.9 Å². The van der Waals surface area contributed by atoms with E-state index in [-0.39, 0.29) is 10.8 Å². The summed E-state index contributed by atoms with van der Waals surface area (Å²) in [5.74, 6) is 1.73. The summed E-state index contributed by atoms with van der Waals surface area (Å²) < 4.78 is 29.3. The van der Waals surface area contributed by atoms with Crippen molar-refractivity contribution in [2.45, 2.75) is 18.2 Å². The molecule has 0 amide bonds. The van der Waals surface area contributed by atoms with Crippen LogP contribution >= 0.6 is 27.7 Å². The fourth-order valence-corrected chi connectivity index (χ4v) is 6.44. The quantitative estimate of drug-likeness (QED) is 0.702. The average molecular weight is 372 g/mol. The summed E-state index contributed by atoms with van der Waals surface area (Å²) in [6, 6.07) is 0. The van der Waals surface area contributed by atoms with Crippen LogP contribution in [0.4, 0.5) is 0 Å². The maximum Gasteiger partial charge on any atom is 0.164 e. The summed E-state index contributed by atoms with van der Waals surface area (Å²) in [4.78, 5) is 2.18. The molecule has 0 spiro atoms. The molecule has 2 fully saturated rings. The molecule has 2 saturated heterocycles. The lowest BCUT2D eigenvalue weighted by Crippen LogP contribution is -2.52. The molecule has 112 valence electrons. The minimum absolute atomic E-state index is 0.170. The Bertz CT molecular complexity index is 396. The van der Waals surface area contributed by atoms with Crippen molar-refractivity contribution in [2.24, 2.45) is 5.41 Å². The van der Waals surface area contributed by atoms with E-state index in [1.165, 1.54) is 6.26 Å². The summed E-state index contributed by atoms with van der Waals surface area (Å²) in [5.41, 5.74) is 0.170. The van der Waals surface area contributed by atoms with Crippen LogP contribution in [-0.4, -0.2) is 68.1 Å². The number of nitrogens with zero attached hydrogens (tertiary/aromatic N) is 1. The van der Waals surface area contributed by atoms with Gasteiger partial charge in [-0.05, 0) is 18.3 Å². The Morgan fingerprint density at radius 2 is 2.11 bits per heavy atom. The van der Waals surface area contributed by atoms with Crippen LogP contribution in [-0.2, 0) is 14.6 Å². The van der Waals surface area contributed by atoms with Crippen molar-refractivity contribution < 1.29 is 13.2 Å². The highest BCUT2D eigenvalue weighted by atomic mass is 79.9. The summed E-state index contributed by atoms with van der Waals surface area (Å²) in [7, 11) is -3.00. The molecule has 0 aromatic heterocycles. The predicted octanol–water partition coefficient (Wildman–Crippen LogP) is 1.60. The third-order valence-corrected chi connectivity index (χ3v) is 7.94. The first kappa shape index (κ1) is 16.1. The molecule has 1 atom stereocenters. The minimum atomic E-state index is -3.00. The molecule has 0 radical (unpaired) electrons. The second kappa shape index (κ2) is 6.64. The van der Waals surface area contributed by atoms with Gasteiger partial charge in [0.1, 0.15) is 5.37 Å². The number of alkyl halides is 1. The third kappa shape index (κ3) is 4.09. The van der Waals surface area contributed by atoms with Crippen LogP contribution in [0.25, 0.3) is 0 Å². The molecule has 2 aliphatic rings. The van der Waals surface area contributed by atoms with E-state index in [1.54, 1.807) is 11.8 Å². The molecule has 0 saturated carbocycles. The van der Waals surface area contributed by atoms with Crippen LogP contribution < -0.4 is 0 Å². The summed E-state index contributed by atoms with van der Waals surface area (Å²) in [5, 5.41) is 0.605. The van der Waals surface area contributed by atoms with Gasteiger partial charge >= 0.3 is 0 Å². The molecule has 1 unspecified atom stereocenters. The molecule has 0 aliphatic carbocycles. The van der Waals surface area contributed by atoms with Crippen molar-refractivity contribution in [2.75, 3.05) is 49.4 Å². The Morgan fingerprint density at radius 1 is 1.42 bits per heavy atom. The Hall–Kier alpha value is 0.700. The van der Waals surface area contributed by atoms with Crippen LogP contribution in [0, 0.1) is 5.41 Å². The molecular formula is C12H22BrNO3S2. The van der Waals surface area contributed by atoms with Gasteiger partial charge in [0.25, 0.3) is 0 Å². The van der Waals surface area contributed by atoms with Gasteiger partial charge in [0.15, 0.2) is 9.84 Å². The van der Waals surface area contributed by atoms with E-state index in [0.717, 1.165) is 50.2 Å². The lowest BCUT2D eigenvalue weighted by atomic mass is 9.82. The molecule has 2 rings (SSSR count). The number of rotatable bonds is 4. The third-order valence-electron chi connectivity index (χ3n) is 4.06. The molecule has 2 heterocycles. The highest BCUT2D eigenvalue weighted by Crippen LogP contribution is 2.35. The van der Waals surface area contributed by atoms with Gasteiger partial charge in [-0.3, -0.25) is 4.90 Å². The van der Waals surface area contributed by atoms with Crippen molar-refractivity contribution in [1.29, 1.82) is 0 Å². The van der Waals surface area contributed by atoms with Crippen LogP contribution in [0.3, 0.4) is 0 Å². The largest absolute Gasteiger partial charge is 0.381 e. The highest BCUT2D eigenvalue weighted by molar-refractivity contribution is 9.09. The van der Waals surface area contributed by atoms with Crippen molar-refractivity contribution in [1.82, 2.24) is 4.90 Å². The Kier molecular flexibility index (Phi) is 5.62. The SMILES string of the molecule is CS(=O)(=O)C1CSCCN1CC1(CBr)CCOCC1. The van der Waals surface area contributed by atoms with Crippen molar-refractivity contribution in [3.63, 3.8) is 0 Å². The maximum absolute atomic E-state index is 11.9. The summed E-state index contributed by atoms with van der Waals surface area (Å²) in [6.07, 6.45) is 3.39. The number of sulfone groups is 1. The molecule has 19 heavy (non-hydrogen) atoms. The average Bonchev–Trinajstić information content (AvgIpc) is 2.39. The van der Waals surface area contributed by atoms with E-state index in [1.807, 2.05) is 0 Å². The Balaban J connectivity index is 2.10. The molecule has 0 aromatic carbocycles. The number of thioether (sulfide) groups is 1. The molecule has 0 aromatic rings. The lowest BCUT2D eigenvalue weighted by molar-refractivity contribution is 0.00750. The van der Waals surface area contributed by atoms with E-state index in [9.17, 15) is 8.42 Å². The molecular weight excluding hydrogens is 350 g/mol. The van der Waals surface area contributed by atoms with Gasteiger partial charge in [0.2, 0.25) is 0 Å². The topological polar surface area (TPSA) is 46.6 Å². The van der Waals surface area contributed by atoms with E-state index in [4.69, 9.17) is 4.74 Å². The van der Waals surface area contributed by atoms with E-state index < -0.39 is 9.84 Å². The van der Waals surface area contributed by atoms with Crippen molar-refractivity contribution in [3.8, 4) is 0 Å². The van der Waals surface area contributed by atoms with Gasteiger partial charge in [-0.25, -0.2) is 8.42 Å². The minimum Gasteiger partial charge on any atom is -0.381 e. The Labute approximate surface area is 128 Å².